The molecule has 10 aromatic rings. The van der Waals surface area contributed by atoms with Crippen LogP contribution in [0.3, 0.4) is 0 Å². The zero-order valence-corrected chi connectivity index (χ0v) is 29.2. The van der Waals surface area contributed by atoms with Crippen LogP contribution < -0.4 is 4.90 Å². The molecule has 0 aliphatic carbocycles. The summed E-state index contributed by atoms with van der Waals surface area (Å²) in [5.41, 5.74) is 10.6. The van der Waals surface area contributed by atoms with Gasteiger partial charge in [-0.3, -0.25) is 0 Å². The number of fused-ring (bicyclic) bond motifs is 5. The summed E-state index contributed by atoms with van der Waals surface area (Å²) in [6.07, 6.45) is 0. The van der Waals surface area contributed by atoms with Crippen LogP contribution in [0.25, 0.3) is 75.1 Å². The van der Waals surface area contributed by atoms with Crippen LogP contribution in [-0.2, 0) is 0 Å². The molecule has 0 fully saturated rings. The summed E-state index contributed by atoms with van der Waals surface area (Å²) < 4.78 is 2.58. The second-order valence-electron chi connectivity index (χ2n) is 13.4. The molecule has 2 heteroatoms. The summed E-state index contributed by atoms with van der Waals surface area (Å²) in [5, 5.41) is 7.63. The van der Waals surface area contributed by atoms with E-state index < -0.39 is 0 Å². The van der Waals surface area contributed by atoms with E-state index in [0.29, 0.717) is 0 Å². The van der Waals surface area contributed by atoms with Crippen LogP contribution >= 0.6 is 11.3 Å². The SMILES string of the molecule is c1ccc(-c2ccc(N(c3ccc(-c4ccc5ccccc5c4)cc3)c3cccc4c3sc3cc5ccccc5cc34)cc2-c2ccccc2)cc1. The van der Waals surface area contributed by atoms with Crippen molar-refractivity contribution in [1.82, 2.24) is 0 Å². The van der Waals surface area contributed by atoms with Crippen molar-refractivity contribution in [2.45, 2.75) is 0 Å². The maximum Gasteiger partial charge on any atom is 0.0640 e. The zero-order valence-electron chi connectivity index (χ0n) is 28.4. The van der Waals surface area contributed by atoms with Crippen molar-refractivity contribution in [1.29, 1.82) is 0 Å². The van der Waals surface area contributed by atoms with E-state index in [0.717, 1.165) is 11.4 Å². The zero-order chi connectivity index (χ0) is 34.4. The van der Waals surface area contributed by atoms with Crippen molar-refractivity contribution < 1.29 is 0 Å². The fourth-order valence-corrected chi connectivity index (χ4v) is 8.88. The van der Waals surface area contributed by atoms with E-state index in [1.54, 1.807) is 0 Å². The lowest BCUT2D eigenvalue weighted by molar-refractivity contribution is 1.30. The first-order valence-corrected chi connectivity index (χ1v) is 18.6. The van der Waals surface area contributed by atoms with Gasteiger partial charge in [0.2, 0.25) is 0 Å². The highest BCUT2D eigenvalue weighted by Crippen LogP contribution is 2.47. The smallest absolute Gasteiger partial charge is 0.0640 e. The molecule has 52 heavy (non-hydrogen) atoms. The third-order valence-corrected chi connectivity index (χ3v) is 11.4. The maximum absolute atomic E-state index is 2.45. The summed E-state index contributed by atoms with van der Waals surface area (Å²) in [7, 11) is 0. The molecule has 9 aromatic carbocycles. The molecule has 0 aliphatic heterocycles. The van der Waals surface area contributed by atoms with Gasteiger partial charge < -0.3 is 4.90 Å². The molecular formula is C50H33NS. The van der Waals surface area contributed by atoms with Crippen molar-refractivity contribution in [3.8, 4) is 33.4 Å². The van der Waals surface area contributed by atoms with E-state index in [2.05, 4.69) is 205 Å². The lowest BCUT2D eigenvalue weighted by Gasteiger charge is -2.27. The standard InChI is InChI=1S/C50H33NS/c1-3-13-36(14-4-1)44-29-28-43(33-46(44)37-15-5-2-6-16-37)51(42-26-24-35(25-27-42)41-23-22-34-12-7-8-17-38(34)30-41)48-21-11-20-45-47-31-39-18-9-10-19-40(39)32-49(47)52-50(45)48/h1-33H. The maximum atomic E-state index is 2.45. The van der Waals surface area contributed by atoms with Gasteiger partial charge in [-0.1, -0.05) is 152 Å². The summed E-state index contributed by atoms with van der Waals surface area (Å²) in [6.45, 7) is 0. The van der Waals surface area contributed by atoms with Gasteiger partial charge >= 0.3 is 0 Å². The van der Waals surface area contributed by atoms with E-state index in [9.17, 15) is 0 Å². The predicted octanol–water partition coefficient (Wildman–Crippen LogP) is 14.8. The molecule has 0 N–H and O–H groups in total. The fraction of sp³-hybridized carbons (Fsp3) is 0. The van der Waals surface area contributed by atoms with Crippen LogP contribution in [0.2, 0.25) is 0 Å². The van der Waals surface area contributed by atoms with Gasteiger partial charge in [0, 0.05) is 26.8 Å². The minimum absolute atomic E-state index is 1.12. The highest BCUT2D eigenvalue weighted by molar-refractivity contribution is 7.26. The summed E-state index contributed by atoms with van der Waals surface area (Å²) in [5.74, 6) is 0. The lowest BCUT2D eigenvalue weighted by Crippen LogP contribution is -2.10. The monoisotopic (exact) mass is 679 g/mol. The van der Waals surface area contributed by atoms with Crippen LogP contribution in [0.1, 0.15) is 0 Å². The van der Waals surface area contributed by atoms with E-state index in [1.165, 1.54) is 80.8 Å². The third kappa shape index (κ3) is 5.33. The van der Waals surface area contributed by atoms with Gasteiger partial charge in [0.1, 0.15) is 0 Å². The second-order valence-corrected chi connectivity index (χ2v) is 14.4. The van der Waals surface area contributed by atoms with E-state index in [-0.39, 0.29) is 0 Å². The summed E-state index contributed by atoms with van der Waals surface area (Å²) in [4.78, 5) is 2.45. The van der Waals surface area contributed by atoms with Crippen LogP contribution in [0.5, 0.6) is 0 Å². The molecule has 1 aromatic heterocycles. The van der Waals surface area contributed by atoms with Crippen LogP contribution in [0.15, 0.2) is 200 Å². The first-order chi connectivity index (χ1) is 25.8. The van der Waals surface area contributed by atoms with Crippen molar-refractivity contribution in [2.24, 2.45) is 0 Å². The van der Waals surface area contributed by atoms with Crippen molar-refractivity contribution in [3.05, 3.63) is 200 Å². The Balaban J connectivity index is 1.18. The van der Waals surface area contributed by atoms with Crippen LogP contribution in [0, 0.1) is 0 Å². The van der Waals surface area contributed by atoms with Crippen LogP contribution in [-0.4, -0.2) is 0 Å². The minimum Gasteiger partial charge on any atom is -0.309 e. The topological polar surface area (TPSA) is 3.24 Å². The average Bonchev–Trinajstić information content (AvgIpc) is 3.59. The van der Waals surface area contributed by atoms with E-state index >= 15 is 0 Å². The van der Waals surface area contributed by atoms with Gasteiger partial charge in [0.05, 0.1) is 10.4 Å². The fourth-order valence-electron chi connectivity index (χ4n) is 7.64. The van der Waals surface area contributed by atoms with Crippen molar-refractivity contribution in [3.63, 3.8) is 0 Å². The molecule has 0 amide bonds. The normalized spacial score (nSPS) is 11.5. The number of anilines is 3. The molecule has 0 unspecified atom stereocenters. The molecule has 0 saturated carbocycles. The number of thiophene rings is 1. The Hall–Kier alpha value is -6.48. The Bertz CT molecular complexity index is 2890. The summed E-state index contributed by atoms with van der Waals surface area (Å²) >= 11 is 1.88. The Morgan fingerprint density at radius 3 is 1.65 bits per heavy atom. The van der Waals surface area contributed by atoms with E-state index in [1.807, 2.05) is 11.3 Å². The average molecular weight is 680 g/mol. The highest BCUT2D eigenvalue weighted by Gasteiger charge is 2.20. The Morgan fingerprint density at radius 1 is 0.327 bits per heavy atom. The van der Waals surface area contributed by atoms with Gasteiger partial charge in [-0.2, -0.15) is 0 Å². The molecule has 0 atom stereocenters. The number of nitrogens with zero attached hydrogens (tertiary/aromatic N) is 1. The first kappa shape index (κ1) is 30.4. The van der Waals surface area contributed by atoms with Gasteiger partial charge in [0.15, 0.2) is 0 Å². The molecular weight excluding hydrogens is 647 g/mol. The molecule has 10 rings (SSSR count). The molecule has 0 saturated heterocycles. The predicted molar refractivity (Wildman–Crippen MR) is 225 cm³/mol. The number of hydrogen-bond acceptors (Lipinski definition) is 2. The third-order valence-electron chi connectivity index (χ3n) is 10.2. The minimum atomic E-state index is 1.12. The molecule has 244 valence electrons. The Morgan fingerprint density at radius 2 is 0.923 bits per heavy atom. The Labute approximate surface area is 307 Å². The molecule has 1 heterocycles. The summed E-state index contributed by atoms with van der Waals surface area (Å²) in [6, 6.07) is 73.0. The lowest BCUT2D eigenvalue weighted by atomic mass is 9.93. The number of hydrogen-bond donors (Lipinski definition) is 0. The van der Waals surface area contributed by atoms with Crippen LogP contribution in [0.4, 0.5) is 17.1 Å². The molecule has 0 aliphatic rings. The van der Waals surface area contributed by atoms with Crippen molar-refractivity contribution in [2.75, 3.05) is 4.90 Å². The van der Waals surface area contributed by atoms with Gasteiger partial charge in [-0.15, -0.1) is 11.3 Å². The molecule has 0 bridgehead atoms. The van der Waals surface area contributed by atoms with Crippen molar-refractivity contribution >= 4 is 70.1 Å². The number of benzene rings is 9. The first-order valence-electron chi connectivity index (χ1n) is 17.8. The van der Waals surface area contributed by atoms with E-state index in [4.69, 9.17) is 0 Å². The van der Waals surface area contributed by atoms with Gasteiger partial charge in [0.25, 0.3) is 0 Å². The highest BCUT2D eigenvalue weighted by atomic mass is 32.1. The molecule has 0 spiro atoms. The molecule has 1 nitrogen and oxygen atoms in total. The van der Waals surface area contributed by atoms with Gasteiger partial charge in [-0.25, -0.2) is 0 Å². The quantitative estimate of drug-likeness (QED) is 0.169. The number of rotatable bonds is 6. The van der Waals surface area contributed by atoms with Gasteiger partial charge in [-0.05, 0) is 103 Å². The Kier molecular flexibility index (Phi) is 7.41. The second kappa shape index (κ2) is 12.7. The largest absolute Gasteiger partial charge is 0.309 e. The molecule has 0 radical (unpaired) electrons.